The Kier molecular flexibility index (Phi) is 9.45. The minimum atomic E-state index is -0.900. The summed E-state index contributed by atoms with van der Waals surface area (Å²) >= 11 is 0.942. The van der Waals surface area contributed by atoms with E-state index in [0.717, 1.165) is 10.7 Å². The molecule has 8 nitrogen and oxygen atoms in total. The van der Waals surface area contributed by atoms with Gasteiger partial charge in [0.05, 0.1) is 17.3 Å². The lowest BCUT2D eigenvalue weighted by Crippen LogP contribution is -2.36. The Bertz CT molecular complexity index is 1290. The number of carboxylic acid groups (broad SMARTS) is 1. The van der Waals surface area contributed by atoms with Crippen molar-refractivity contribution < 1.29 is 32.1 Å². The molecule has 1 saturated carbocycles. The van der Waals surface area contributed by atoms with Crippen molar-refractivity contribution in [2.24, 2.45) is 10.9 Å². The molecule has 4 rings (SSSR count). The van der Waals surface area contributed by atoms with E-state index in [4.69, 9.17) is 19.9 Å². The molecular weight excluding hydrogens is 541 g/mol. The normalized spacial score (nSPS) is 20.1. The molecule has 1 amide bonds. The molecule has 0 spiro atoms. The first-order chi connectivity index (χ1) is 18.0. The third kappa shape index (κ3) is 7.29. The fourth-order valence-corrected chi connectivity index (χ4v) is 5.25. The van der Waals surface area contributed by atoms with Crippen LogP contribution in [0.15, 0.2) is 41.5 Å². The van der Waals surface area contributed by atoms with Gasteiger partial charge in [0.2, 0.25) is 0 Å². The molecule has 2 heterocycles. The number of pyridine rings is 1. The first kappa shape index (κ1) is 29.1. The number of ether oxygens (including phenoxy) is 1. The van der Waals surface area contributed by atoms with E-state index >= 15 is 0 Å². The van der Waals surface area contributed by atoms with E-state index in [1.165, 1.54) is 54.4 Å². The number of amidine groups is 1. The number of thioether (sulfide) groups is 1. The highest BCUT2D eigenvalue weighted by Crippen LogP contribution is 2.56. The molecule has 38 heavy (non-hydrogen) atoms. The summed E-state index contributed by atoms with van der Waals surface area (Å²) in [6.07, 6.45) is 2.31. The number of nitriles is 1. The minimum absolute atomic E-state index is 0.0209. The number of amides is 1. The van der Waals surface area contributed by atoms with Gasteiger partial charge >= 0.3 is 6.09 Å². The van der Waals surface area contributed by atoms with Gasteiger partial charge in [0, 0.05) is 17.0 Å². The van der Waals surface area contributed by atoms with Gasteiger partial charge < -0.3 is 9.84 Å². The third-order valence-corrected chi connectivity index (χ3v) is 7.18. The fourth-order valence-electron chi connectivity index (χ4n) is 3.58. The summed E-state index contributed by atoms with van der Waals surface area (Å²) in [6.45, 7) is 4.76. The molecule has 1 fully saturated rings. The van der Waals surface area contributed by atoms with Crippen LogP contribution in [0.4, 0.5) is 17.5 Å². The van der Waals surface area contributed by atoms with Crippen LogP contribution in [0.2, 0.25) is 0 Å². The van der Waals surface area contributed by atoms with E-state index in [2.05, 4.69) is 9.98 Å². The van der Waals surface area contributed by atoms with Crippen molar-refractivity contribution in [3.8, 4) is 6.07 Å². The summed E-state index contributed by atoms with van der Waals surface area (Å²) in [4.78, 5) is 29.3. The topological polar surface area (TPSA) is 116 Å². The van der Waals surface area contributed by atoms with E-state index in [1.807, 2.05) is 6.07 Å². The molecule has 1 N–H and O–H groups in total. The van der Waals surface area contributed by atoms with Crippen LogP contribution in [-0.2, 0) is 9.53 Å². The number of nitrogens with zero attached hydrogens (tertiary/aromatic N) is 4. The first-order valence-corrected chi connectivity index (χ1v) is 12.7. The maximum absolute atomic E-state index is 14.9. The van der Waals surface area contributed by atoms with Crippen LogP contribution in [-0.4, -0.2) is 43.0 Å². The molecule has 2 aliphatic rings. The molecule has 0 radical (unpaired) electrons. The Balaban J connectivity index is 0.00000127. The van der Waals surface area contributed by atoms with Gasteiger partial charge in [-0.1, -0.05) is 17.8 Å². The molecule has 13 heteroatoms. The molecule has 3 atom stereocenters. The van der Waals surface area contributed by atoms with Gasteiger partial charge in [0.1, 0.15) is 23.3 Å². The second-order valence-electron chi connectivity index (χ2n) is 9.18. The quantitative estimate of drug-likeness (QED) is 0.328. The zero-order valence-electron chi connectivity index (χ0n) is 20.5. The number of carbonyl (C=O) groups excluding carboxylic acids is 1. The lowest BCUT2D eigenvalue weighted by molar-refractivity contribution is -0.122. The second kappa shape index (κ2) is 12.4. The average Bonchev–Trinajstić information content (AvgIpc) is 3.64. The Morgan fingerprint density at radius 3 is 2.63 bits per heavy atom. The molecule has 3 unspecified atom stereocenters. The van der Waals surface area contributed by atoms with Crippen LogP contribution in [0.3, 0.4) is 0 Å². The molecule has 1 aromatic heterocycles. The lowest BCUT2D eigenvalue weighted by atomic mass is 9.99. The van der Waals surface area contributed by atoms with Crippen LogP contribution < -0.4 is 0 Å². The van der Waals surface area contributed by atoms with E-state index in [-0.39, 0.29) is 46.4 Å². The van der Waals surface area contributed by atoms with Crippen LogP contribution in [0.1, 0.15) is 55.6 Å². The number of carbonyl (C=O) groups is 2. The van der Waals surface area contributed by atoms with Crippen LogP contribution >= 0.6 is 24.1 Å². The van der Waals surface area contributed by atoms with Crippen molar-refractivity contribution in [1.82, 2.24) is 9.29 Å². The smallest absolute Gasteiger partial charge is 0.428 e. The van der Waals surface area contributed by atoms with Gasteiger partial charge in [-0.05, 0) is 69.0 Å². The zero-order valence-corrected chi connectivity index (χ0v) is 22.1. The highest BCUT2D eigenvalue weighted by molar-refractivity contribution is 8.15. The van der Waals surface area contributed by atoms with Crippen molar-refractivity contribution in [3.63, 3.8) is 0 Å². The number of rotatable bonds is 4. The summed E-state index contributed by atoms with van der Waals surface area (Å²) in [7, 11) is 0. The monoisotopic (exact) mass is 564 g/mol. The molecule has 1 aromatic carbocycles. The van der Waals surface area contributed by atoms with Gasteiger partial charge in [0.15, 0.2) is 17.5 Å². The summed E-state index contributed by atoms with van der Waals surface area (Å²) in [6, 6.07) is 8.25. The summed E-state index contributed by atoms with van der Waals surface area (Å²) in [5.74, 6) is -1.15. The largest absolute Gasteiger partial charge is 0.483 e. The van der Waals surface area contributed by atoms with Crippen molar-refractivity contribution in [2.45, 2.75) is 44.1 Å². The lowest BCUT2D eigenvalue weighted by Gasteiger charge is -2.27. The molecule has 1 aliphatic carbocycles. The van der Waals surface area contributed by atoms with Crippen LogP contribution in [0.25, 0.3) is 11.9 Å². The Morgan fingerprint density at radius 1 is 1.34 bits per heavy atom. The summed E-state index contributed by atoms with van der Waals surface area (Å²) in [5, 5.41) is 15.9. The molecule has 200 valence electrons. The highest BCUT2D eigenvalue weighted by atomic mass is 32.2. The SMILES string of the molecule is CC(C)(C)OC(=O)N(SF)C1=NC(c2cc(/C=C(\F)c3ccc(C#N)cn3)ccc2F)C2CC2S1.O=CO. The highest BCUT2D eigenvalue weighted by Gasteiger charge is 2.50. The molecule has 2 aromatic rings. The van der Waals surface area contributed by atoms with E-state index < -0.39 is 29.4 Å². The Hall–Kier alpha value is -3.50. The van der Waals surface area contributed by atoms with Crippen molar-refractivity contribution in [3.05, 3.63) is 64.7 Å². The second-order valence-corrected chi connectivity index (χ2v) is 10.9. The number of hydrogen-bond acceptors (Lipinski definition) is 8. The number of hydrogen-bond donors (Lipinski definition) is 1. The van der Waals surface area contributed by atoms with Gasteiger partial charge in [0.25, 0.3) is 6.47 Å². The van der Waals surface area contributed by atoms with Gasteiger partial charge in [-0.2, -0.15) is 9.57 Å². The average molecular weight is 565 g/mol. The summed E-state index contributed by atoms with van der Waals surface area (Å²) in [5.41, 5.74) is 0.145. The van der Waals surface area contributed by atoms with Crippen LogP contribution in [0, 0.1) is 23.1 Å². The standard InChI is InChI=1S/C24H21F3N4O2S2.CH2O2/c1-24(2,3)33-23(32)31(35-27)22-30-21(16-10-20(16)34-22)15-8-13(4-6-17(15)25)9-18(26)19-7-5-14(11-28)12-29-19;2-1-3/h4-9,12,16,20-21H,10H2,1-3H3;1H,(H,2,3)/b18-9-;. The van der Waals surface area contributed by atoms with Crippen molar-refractivity contribution in [1.29, 1.82) is 5.26 Å². The van der Waals surface area contributed by atoms with Crippen molar-refractivity contribution >= 4 is 53.7 Å². The maximum Gasteiger partial charge on any atom is 0.428 e. The van der Waals surface area contributed by atoms with E-state index in [1.54, 1.807) is 20.8 Å². The molecule has 0 bridgehead atoms. The van der Waals surface area contributed by atoms with Crippen LogP contribution in [0.5, 0.6) is 0 Å². The van der Waals surface area contributed by atoms with Gasteiger partial charge in [-0.25, -0.2) is 13.6 Å². The number of aliphatic imine (C=N–C) groups is 1. The zero-order chi connectivity index (χ0) is 28.0. The first-order valence-electron chi connectivity index (χ1n) is 11.2. The van der Waals surface area contributed by atoms with Gasteiger partial charge in [-0.15, -0.1) is 3.89 Å². The predicted molar refractivity (Wildman–Crippen MR) is 139 cm³/mol. The fraction of sp³-hybridized carbons (Fsp3) is 0.320. The van der Waals surface area contributed by atoms with E-state index in [0.29, 0.717) is 11.1 Å². The summed E-state index contributed by atoms with van der Waals surface area (Å²) < 4.78 is 49.3. The van der Waals surface area contributed by atoms with Crippen molar-refractivity contribution in [2.75, 3.05) is 0 Å². The number of fused-ring (bicyclic) bond motifs is 1. The minimum Gasteiger partial charge on any atom is -0.483 e. The van der Waals surface area contributed by atoms with E-state index in [9.17, 15) is 17.5 Å². The third-order valence-electron chi connectivity index (χ3n) is 5.26. The molecule has 0 saturated heterocycles. The number of benzene rings is 1. The Morgan fingerprint density at radius 2 is 2.05 bits per heavy atom. The maximum atomic E-state index is 14.9. The molecule has 1 aliphatic heterocycles. The number of halogens is 3. The number of aromatic nitrogens is 1. The van der Waals surface area contributed by atoms with Gasteiger partial charge in [-0.3, -0.25) is 14.8 Å². The Labute approximate surface area is 226 Å². The predicted octanol–water partition coefficient (Wildman–Crippen LogP) is 6.56. The molecular formula is C25H23F3N4O4S2.